The fourth-order valence-electron chi connectivity index (χ4n) is 3.75. The Balaban J connectivity index is 3.29. The van der Waals surface area contributed by atoms with Crippen LogP contribution in [0.4, 0.5) is 0 Å². The van der Waals surface area contributed by atoms with Gasteiger partial charge >= 0.3 is 11.9 Å². The highest BCUT2D eigenvalue weighted by Gasteiger charge is 2.14. The number of aliphatic hydroxyl groups is 1. The summed E-state index contributed by atoms with van der Waals surface area (Å²) in [6.07, 6.45) is 23.3. The van der Waals surface area contributed by atoms with E-state index in [2.05, 4.69) is 6.92 Å². The molecule has 0 amide bonds. The summed E-state index contributed by atoms with van der Waals surface area (Å²) in [7, 11) is 0. The number of rotatable bonds is 23. The lowest BCUT2D eigenvalue weighted by Gasteiger charge is -2.15. The van der Waals surface area contributed by atoms with Crippen LogP contribution in [0.15, 0.2) is 0 Å². The van der Waals surface area contributed by atoms with Crippen LogP contribution in [-0.4, -0.2) is 36.4 Å². The van der Waals surface area contributed by atoms with Gasteiger partial charge in [0.15, 0.2) is 6.10 Å². The maximum Gasteiger partial charge on any atom is 0.306 e. The van der Waals surface area contributed by atoms with E-state index >= 15 is 0 Å². The molecule has 0 aromatic carbocycles. The van der Waals surface area contributed by atoms with Gasteiger partial charge in [0.25, 0.3) is 0 Å². The van der Waals surface area contributed by atoms with E-state index in [0.29, 0.717) is 6.42 Å². The number of hydrogen-bond acceptors (Lipinski definition) is 5. The Kier molecular flexibility index (Phi) is 22.7. The van der Waals surface area contributed by atoms with E-state index in [1.165, 1.54) is 103 Å². The van der Waals surface area contributed by atoms with Gasteiger partial charge in [-0.25, -0.2) is 0 Å². The molecule has 1 atom stereocenters. The van der Waals surface area contributed by atoms with Crippen LogP contribution in [-0.2, 0) is 19.1 Å². The molecule has 184 valence electrons. The summed E-state index contributed by atoms with van der Waals surface area (Å²) in [5, 5.41) is 9.15. The molecule has 0 aliphatic heterocycles. The minimum Gasteiger partial charge on any atom is -0.462 e. The van der Waals surface area contributed by atoms with Crippen molar-refractivity contribution in [1.82, 2.24) is 0 Å². The fraction of sp³-hybridized carbons (Fsp3) is 0.923. The monoisotopic (exact) mass is 442 g/mol. The first kappa shape index (κ1) is 29.9. The van der Waals surface area contributed by atoms with Gasteiger partial charge in [-0.2, -0.15) is 0 Å². The lowest BCUT2D eigenvalue weighted by molar-refractivity contribution is -0.160. The van der Waals surface area contributed by atoms with Gasteiger partial charge in [0.05, 0.1) is 6.61 Å². The zero-order valence-electron chi connectivity index (χ0n) is 20.5. The van der Waals surface area contributed by atoms with E-state index in [1.54, 1.807) is 0 Å². The van der Waals surface area contributed by atoms with Crippen molar-refractivity contribution < 1.29 is 24.2 Å². The summed E-state index contributed by atoms with van der Waals surface area (Å²) in [4.78, 5) is 22.5. The quantitative estimate of drug-likeness (QED) is 0.138. The average Bonchev–Trinajstić information content (AvgIpc) is 2.75. The topological polar surface area (TPSA) is 72.8 Å². The standard InChI is InChI=1S/C26H50O5/c1-3-4-5-6-7-8-9-10-11-12-13-14-15-16-17-18-19-20-21-26(29)31-25(22-27)23-30-24(2)28/h25,27H,3-23H2,1-2H3. The number of aliphatic hydroxyl groups excluding tert-OH is 1. The van der Waals surface area contributed by atoms with Crippen molar-refractivity contribution in [3.63, 3.8) is 0 Å². The Hall–Kier alpha value is -1.10. The van der Waals surface area contributed by atoms with Crippen LogP contribution in [0.1, 0.15) is 136 Å². The molecular formula is C26H50O5. The molecule has 0 aromatic rings. The first-order valence-electron chi connectivity index (χ1n) is 13.0. The Morgan fingerprint density at radius 2 is 1.06 bits per heavy atom. The highest BCUT2D eigenvalue weighted by atomic mass is 16.6. The van der Waals surface area contributed by atoms with Crippen LogP contribution in [0, 0.1) is 0 Å². The number of carbonyl (C=O) groups excluding carboxylic acids is 2. The third-order valence-electron chi connectivity index (χ3n) is 5.71. The molecule has 1 unspecified atom stereocenters. The molecular weight excluding hydrogens is 392 g/mol. The van der Waals surface area contributed by atoms with Crippen molar-refractivity contribution in [3.8, 4) is 0 Å². The first-order valence-corrected chi connectivity index (χ1v) is 13.0. The average molecular weight is 443 g/mol. The second-order valence-electron chi connectivity index (χ2n) is 8.86. The van der Waals surface area contributed by atoms with Crippen molar-refractivity contribution >= 4 is 11.9 Å². The lowest BCUT2D eigenvalue weighted by atomic mass is 10.0. The van der Waals surface area contributed by atoms with Crippen LogP contribution in [0.25, 0.3) is 0 Å². The zero-order valence-corrected chi connectivity index (χ0v) is 20.5. The lowest BCUT2D eigenvalue weighted by Crippen LogP contribution is -2.28. The molecule has 1 N–H and O–H groups in total. The first-order chi connectivity index (χ1) is 15.1. The molecule has 0 radical (unpaired) electrons. The van der Waals surface area contributed by atoms with Gasteiger partial charge in [-0.15, -0.1) is 0 Å². The Morgan fingerprint density at radius 3 is 1.42 bits per heavy atom. The third-order valence-corrected chi connectivity index (χ3v) is 5.71. The Morgan fingerprint density at radius 1 is 0.677 bits per heavy atom. The number of esters is 2. The second kappa shape index (κ2) is 23.6. The van der Waals surface area contributed by atoms with Crippen LogP contribution in [0.5, 0.6) is 0 Å². The molecule has 0 aromatic heterocycles. The number of unbranched alkanes of at least 4 members (excludes halogenated alkanes) is 17. The normalized spacial score (nSPS) is 12.0. The molecule has 0 aliphatic rings. The molecule has 0 saturated heterocycles. The number of carbonyl (C=O) groups is 2. The van der Waals surface area contributed by atoms with Crippen molar-refractivity contribution in [1.29, 1.82) is 0 Å². The SMILES string of the molecule is CCCCCCCCCCCCCCCCCCCCC(=O)OC(CO)COC(C)=O. The molecule has 5 nitrogen and oxygen atoms in total. The highest BCUT2D eigenvalue weighted by Crippen LogP contribution is 2.14. The largest absolute Gasteiger partial charge is 0.462 e. The molecule has 31 heavy (non-hydrogen) atoms. The Bertz CT molecular complexity index is 411. The predicted molar refractivity (Wildman–Crippen MR) is 127 cm³/mol. The van der Waals surface area contributed by atoms with Gasteiger partial charge in [0, 0.05) is 13.3 Å². The zero-order chi connectivity index (χ0) is 23.0. The molecule has 0 rings (SSSR count). The fourth-order valence-corrected chi connectivity index (χ4v) is 3.75. The molecule has 0 heterocycles. The van der Waals surface area contributed by atoms with E-state index in [-0.39, 0.29) is 19.2 Å². The van der Waals surface area contributed by atoms with Gasteiger partial charge in [0.2, 0.25) is 0 Å². The van der Waals surface area contributed by atoms with Crippen LogP contribution in [0.2, 0.25) is 0 Å². The van der Waals surface area contributed by atoms with E-state index in [9.17, 15) is 9.59 Å². The van der Waals surface area contributed by atoms with E-state index in [4.69, 9.17) is 14.6 Å². The molecule has 0 saturated carbocycles. The Labute approximate surface area is 191 Å². The molecule has 0 spiro atoms. The smallest absolute Gasteiger partial charge is 0.306 e. The third kappa shape index (κ3) is 23.4. The predicted octanol–water partition coefficient (Wildman–Crippen LogP) is 6.89. The van der Waals surface area contributed by atoms with Crippen LogP contribution in [0.3, 0.4) is 0 Å². The number of ether oxygens (including phenoxy) is 2. The van der Waals surface area contributed by atoms with Gasteiger partial charge in [-0.3, -0.25) is 9.59 Å². The summed E-state index contributed by atoms with van der Waals surface area (Å²) in [5.74, 6) is -0.777. The highest BCUT2D eigenvalue weighted by molar-refractivity contribution is 5.69. The van der Waals surface area contributed by atoms with Gasteiger partial charge in [-0.1, -0.05) is 116 Å². The van der Waals surface area contributed by atoms with Crippen LogP contribution >= 0.6 is 0 Å². The van der Waals surface area contributed by atoms with Gasteiger partial charge in [0.1, 0.15) is 6.61 Å². The van der Waals surface area contributed by atoms with Crippen molar-refractivity contribution in [2.24, 2.45) is 0 Å². The summed E-state index contributed by atoms with van der Waals surface area (Å²) >= 11 is 0. The van der Waals surface area contributed by atoms with Crippen molar-refractivity contribution in [3.05, 3.63) is 0 Å². The summed E-state index contributed by atoms with van der Waals surface area (Å²) < 4.78 is 9.88. The van der Waals surface area contributed by atoms with E-state index in [1.807, 2.05) is 0 Å². The van der Waals surface area contributed by atoms with E-state index < -0.39 is 12.1 Å². The number of hydrogen-bond donors (Lipinski definition) is 1. The molecule has 0 fully saturated rings. The molecule has 0 bridgehead atoms. The molecule has 5 heteroatoms. The van der Waals surface area contributed by atoms with Gasteiger partial charge < -0.3 is 14.6 Å². The summed E-state index contributed by atoms with van der Waals surface area (Å²) in [6, 6.07) is 0. The van der Waals surface area contributed by atoms with Gasteiger partial charge in [-0.05, 0) is 6.42 Å². The maximum absolute atomic E-state index is 11.8. The summed E-state index contributed by atoms with van der Waals surface area (Å²) in [6.45, 7) is 3.14. The van der Waals surface area contributed by atoms with E-state index in [0.717, 1.165) is 19.3 Å². The summed E-state index contributed by atoms with van der Waals surface area (Å²) in [5.41, 5.74) is 0. The van der Waals surface area contributed by atoms with Crippen molar-refractivity contribution in [2.45, 2.75) is 142 Å². The van der Waals surface area contributed by atoms with Crippen molar-refractivity contribution in [2.75, 3.05) is 13.2 Å². The minimum absolute atomic E-state index is 0.0866. The molecule has 0 aliphatic carbocycles. The minimum atomic E-state index is -0.757. The maximum atomic E-state index is 11.8. The van der Waals surface area contributed by atoms with Crippen LogP contribution < -0.4 is 0 Å². The second-order valence-corrected chi connectivity index (χ2v) is 8.86.